The minimum atomic E-state index is -0.841. The Kier molecular flexibility index (Phi) is 3.65. The number of aliphatic carboxylic acids is 1. The van der Waals surface area contributed by atoms with E-state index in [1.54, 1.807) is 6.92 Å². The smallest absolute Gasteiger partial charge is 0.321 e. The van der Waals surface area contributed by atoms with Gasteiger partial charge in [0.05, 0.1) is 0 Å². The first kappa shape index (κ1) is 8.78. The van der Waals surface area contributed by atoms with Crippen LogP contribution in [-0.4, -0.2) is 28.0 Å². The largest absolute Gasteiger partial charge is 0.480 e. The number of hydrogen-bond acceptors (Lipinski definition) is 3. The van der Waals surface area contributed by atoms with Crippen molar-refractivity contribution in [1.82, 2.24) is 4.31 Å². The Morgan fingerprint density at radius 3 is 2.44 bits per heavy atom. The van der Waals surface area contributed by atoms with E-state index < -0.39 is 12.0 Å². The quantitative estimate of drug-likeness (QED) is 0.578. The van der Waals surface area contributed by atoms with E-state index in [4.69, 9.17) is 5.11 Å². The fraction of sp³-hybridized carbons (Fsp3) is 0.800. The normalized spacial score (nSPS) is 13.8. The van der Waals surface area contributed by atoms with Gasteiger partial charge in [0, 0.05) is 6.54 Å². The summed E-state index contributed by atoms with van der Waals surface area (Å²) in [6.45, 7) is 4.09. The van der Waals surface area contributed by atoms with Gasteiger partial charge in [-0.3, -0.25) is 4.79 Å². The molecule has 0 aromatic heterocycles. The summed E-state index contributed by atoms with van der Waals surface area (Å²) in [6.07, 6.45) is 0. The molecular formula is C5H11NO2S. The van der Waals surface area contributed by atoms with Gasteiger partial charge >= 0.3 is 5.97 Å². The Hall–Kier alpha value is -0.220. The van der Waals surface area contributed by atoms with Crippen LogP contribution in [-0.2, 0) is 4.79 Å². The molecule has 0 fully saturated rings. The highest BCUT2D eigenvalue weighted by atomic mass is 32.1. The molecule has 54 valence electrons. The predicted octanol–water partition coefficient (Wildman–Crippen LogP) is 0.626. The van der Waals surface area contributed by atoms with Gasteiger partial charge in [0.2, 0.25) is 0 Å². The van der Waals surface area contributed by atoms with Crippen LogP contribution in [0.3, 0.4) is 0 Å². The van der Waals surface area contributed by atoms with Crippen LogP contribution in [0.1, 0.15) is 13.8 Å². The maximum Gasteiger partial charge on any atom is 0.321 e. The molecule has 0 aromatic carbocycles. The van der Waals surface area contributed by atoms with Gasteiger partial charge in [-0.05, 0) is 6.92 Å². The summed E-state index contributed by atoms with van der Waals surface area (Å²) in [4.78, 5) is 10.2. The SMILES string of the molecule is CCN(S)[C@@H](C)C(=O)O. The second-order valence-corrected chi connectivity index (χ2v) is 2.28. The summed E-state index contributed by atoms with van der Waals surface area (Å²) >= 11 is 3.92. The molecule has 0 aliphatic heterocycles. The van der Waals surface area contributed by atoms with Crippen LogP contribution in [0, 0.1) is 0 Å². The van der Waals surface area contributed by atoms with Crippen LogP contribution in [0.25, 0.3) is 0 Å². The minimum absolute atomic E-state index is 0.502. The highest BCUT2D eigenvalue weighted by molar-refractivity contribution is 7.77. The second kappa shape index (κ2) is 3.74. The molecule has 0 aliphatic carbocycles. The number of thiol groups is 1. The third-order valence-corrected chi connectivity index (χ3v) is 1.76. The lowest BCUT2D eigenvalue weighted by Gasteiger charge is -2.16. The summed E-state index contributed by atoms with van der Waals surface area (Å²) in [7, 11) is 0. The molecule has 0 heterocycles. The zero-order valence-corrected chi connectivity index (χ0v) is 6.43. The van der Waals surface area contributed by atoms with E-state index in [-0.39, 0.29) is 0 Å². The summed E-state index contributed by atoms with van der Waals surface area (Å²) < 4.78 is 1.46. The first-order chi connectivity index (χ1) is 4.09. The van der Waals surface area contributed by atoms with Gasteiger partial charge in [-0.25, -0.2) is 4.31 Å². The Bertz CT molecular complexity index is 107. The van der Waals surface area contributed by atoms with Crippen molar-refractivity contribution in [3.63, 3.8) is 0 Å². The van der Waals surface area contributed by atoms with E-state index in [9.17, 15) is 4.79 Å². The van der Waals surface area contributed by atoms with E-state index in [0.29, 0.717) is 6.54 Å². The van der Waals surface area contributed by atoms with E-state index >= 15 is 0 Å². The van der Waals surface area contributed by atoms with Gasteiger partial charge in [0.15, 0.2) is 0 Å². The Morgan fingerprint density at radius 2 is 2.33 bits per heavy atom. The van der Waals surface area contributed by atoms with Crippen molar-refractivity contribution in [3.8, 4) is 0 Å². The molecule has 0 unspecified atom stereocenters. The molecule has 0 rings (SSSR count). The van der Waals surface area contributed by atoms with Crippen LogP contribution < -0.4 is 0 Å². The third-order valence-electron chi connectivity index (χ3n) is 1.13. The molecule has 0 saturated heterocycles. The van der Waals surface area contributed by atoms with Crippen molar-refractivity contribution in [1.29, 1.82) is 0 Å². The monoisotopic (exact) mass is 149 g/mol. The van der Waals surface area contributed by atoms with Gasteiger partial charge in [0.25, 0.3) is 0 Å². The van der Waals surface area contributed by atoms with Crippen LogP contribution in [0.15, 0.2) is 0 Å². The maximum absolute atomic E-state index is 10.2. The minimum Gasteiger partial charge on any atom is -0.480 e. The van der Waals surface area contributed by atoms with Crippen molar-refractivity contribution in [2.24, 2.45) is 0 Å². The van der Waals surface area contributed by atoms with E-state index in [1.807, 2.05) is 6.92 Å². The fourth-order valence-corrected chi connectivity index (χ4v) is 0.500. The van der Waals surface area contributed by atoms with Crippen LogP contribution >= 0.6 is 12.8 Å². The average molecular weight is 149 g/mol. The molecule has 0 aliphatic rings. The number of rotatable bonds is 3. The molecule has 0 aromatic rings. The fourth-order valence-electron chi connectivity index (χ4n) is 0.401. The van der Waals surface area contributed by atoms with Crippen molar-refractivity contribution < 1.29 is 9.90 Å². The van der Waals surface area contributed by atoms with Crippen molar-refractivity contribution >= 4 is 18.8 Å². The molecule has 0 bridgehead atoms. The van der Waals surface area contributed by atoms with Crippen molar-refractivity contribution in [3.05, 3.63) is 0 Å². The Labute approximate surface area is 60.2 Å². The molecule has 1 N–H and O–H groups in total. The van der Waals surface area contributed by atoms with E-state index in [1.165, 1.54) is 4.31 Å². The summed E-state index contributed by atoms with van der Waals surface area (Å²) in [5.41, 5.74) is 0. The second-order valence-electron chi connectivity index (χ2n) is 1.77. The first-order valence-corrected chi connectivity index (χ1v) is 3.18. The molecule has 0 radical (unpaired) electrons. The standard InChI is InChI=1S/C5H11NO2S/c1-3-6(9)4(2)5(7)8/h4,9H,3H2,1-2H3,(H,7,8)/t4-/m0/s1. The topological polar surface area (TPSA) is 40.5 Å². The number of carbonyl (C=O) groups is 1. The van der Waals surface area contributed by atoms with E-state index in [0.717, 1.165) is 0 Å². The first-order valence-electron chi connectivity index (χ1n) is 2.78. The Morgan fingerprint density at radius 1 is 1.89 bits per heavy atom. The van der Waals surface area contributed by atoms with Gasteiger partial charge < -0.3 is 5.11 Å². The molecule has 3 nitrogen and oxygen atoms in total. The van der Waals surface area contributed by atoms with Gasteiger partial charge in [-0.15, -0.1) is 0 Å². The lowest BCUT2D eigenvalue weighted by Crippen LogP contribution is -2.31. The van der Waals surface area contributed by atoms with Crippen molar-refractivity contribution in [2.75, 3.05) is 6.54 Å². The highest BCUT2D eigenvalue weighted by Crippen LogP contribution is 2.00. The molecule has 0 saturated carbocycles. The van der Waals surface area contributed by atoms with Gasteiger partial charge in [-0.2, -0.15) is 0 Å². The molecule has 0 amide bonds. The summed E-state index contributed by atoms with van der Waals surface area (Å²) in [6, 6.07) is -0.502. The average Bonchev–Trinajstić information content (AvgIpc) is 1.84. The van der Waals surface area contributed by atoms with E-state index in [2.05, 4.69) is 12.8 Å². The van der Waals surface area contributed by atoms with Gasteiger partial charge in [0.1, 0.15) is 6.04 Å². The molecule has 9 heavy (non-hydrogen) atoms. The molecule has 1 atom stereocenters. The number of carboxylic acid groups (broad SMARTS) is 1. The van der Waals surface area contributed by atoms with Crippen LogP contribution in [0.4, 0.5) is 0 Å². The molecular weight excluding hydrogens is 138 g/mol. The zero-order chi connectivity index (χ0) is 7.44. The van der Waals surface area contributed by atoms with Crippen LogP contribution in [0.5, 0.6) is 0 Å². The molecule has 0 spiro atoms. The van der Waals surface area contributed by atoms with Gasteiger partial charge in [-0.1, -0.05) is 19.7 Å². The third kappa shape index (κ3) is 2.72. The van der Waals surface area contributed by atoms with Crippen LogP contribution in [0.2, 0.25) is 0 Å². The number of carboxylic acids is 1. The number of likely N-dealkylation sites (N-methyl/N-ethyl adjacent to an activating group) is 1. The summed E-state index contributed by atoms with van der Waals surface area (Å²) in [5, 5.41) is 8.39. The zero-order valence-electron chi connectivity index (χ0n) is 5.53. The Balaban J connectivity index is 3.72. The molecule has 4 heteroatoms. The number of nitrogens with zero attached hydrogens (tertiary/aromatic N) is 1. The van der Waals surface area contributed by atoms with Crippen molar-refractivity contribution in [2.45, 2.75) is 19.9 Å². The lowest BCUT2D eigenvalue weighted by atomic mass is 10.3. The lowest BCUT2D eigenvalue weighted by molar-refractivity contribution is -0.140. The predicted molar refractivity (Wildman–Crippen MR) is 38.5 cm³/mol. The number of hydrogen-bond donors (Lipinski definition) is 2. The maximum atomic E-state index is 10.2. The highest BCUT2D eigenvalue weighted by Gasteiger charge is 2.14. The summed E-state index contributed by atoms with van der Waals surface area (Å²) in [5.74, 6) is -0.841.